The molecule has 2 unspecified atom stereocenters. The first-order valence-corrected chi connectivity index (χ1v) is 8.09. The Morgan fingerprint density at radius 3 is 2.60 bits per heavy atom. The van der Waals surface area contributed by atoms with Crippen molar-refractivity contribution in [2.45, 2.75) is 38.3 Å². The van der Waals surface area contributed by atoms with Crippen LogP contribution in [0.2, 0.25) is 0 Å². The van der Waals surface area contributed by atoms with Crippen LogP contribution in [0.4, 0.5) is 8.78 Å². The molecule has 0 saturated carbocycles. The van der Waals surface area contributed by atoms with E-state index in [0.717, 1.165) is 12.0 Å². The summed E-state index contributed by atoms with van der Waals surface area (Å²) >= 11 is 0. The lowest BCUT2D eigenvalue weighted by Crippen LogP contribution is -2.48. The van der Waals surface area contributed by atoms with Crippen LogP contribution in [-0.2, 0) is 20.7 Å². The van der Waals surface area contributed by atoms with E-state index in [1.54, 1.807) is 12.1 Å². The standard InChI is InChI=1S/C17H21F2NO5/c18-17(19)25-13-6-3-11(4-7-13)5-8-14(21)20-15(16(22)23)12-2-1-9-24-10-12/h3-4,6-7,12,15,17H,1-2,5,8-10H2,(H,20,21)(H,22,23). The minimum atomic E-state index is -2.88. The number of carboxylic acid groups (broad SMARTS) is 1. The fraction of sp³-hybridized carbons (Fsp3) is 0.529. The SMILES string of the molecule is O=C(CCc1ccc(OC(F)F)cc1)NC(C(=O)O)C1CCCOC1. The minimum absolute atomic E-state index is 0.0476. The van der Waals surface area contributed by atoms with E-state index in [2.05, 4.69) is 10.1 Å². The molecule has 1 aliphatic rings. The maximum atomic E-state index is 12.1. The smallest absolute Gasteiger partial charge is 0.387 e. The van der Waals surface area contributed by atoms with E-state index < -0.39 is 18.6 Å². The average Bonchev–Trinajstić information content (AvgIpc) is 2.59. The number of rotatable bonds is 8. The first-order chi connectivity index (χ1) is 12.0. The van der Waals surface area contributed by atoms with Gasteiger partial charge in [0.25, 0.3) is 0 Å². The van der Waals surface area contributed by atoms with Crippen molar-refractivity contribution < 1.29 is 33.0 Å². The summed E-state index contributed by atoms with van der Waals surface area (Å²) in [5.74, 6) is -1.63. The fourth-order valence-electron chi connectivity index (χ4n) is 2.75. The summed E-state index contributed by atoms with van der Waals surface area (Å²) in [6.07, 6.45) is 1.95. The first kappa shape index (κ1) is 19.1. The zero-order valence-electron chi connectivity index (χ0n) is 13.6. The number of amides is 1. The summed E-state index contributed by atoms with van der Waals surface area (Å²) in [6, 6.07) is 5.02. The number of hydrogen-bond donors (Lipinski definition) is 2. The molecule has 0 bridgehead atoms. The normalized spacial score (nSPS) is 18.6. The van der Waals surface area contributed by atoms with Crippen molar-refractivity contribution in [1.29, 1.82) is 0 Å². The van der Waals surface area contributed by atoms with Gasteiger partial charge in [-0.2, -0.15) is 8.78 Å². The molecule has 1 aromatic rings. The summed E-state index contributed by atoms with van der Waals surface area (Å²) < 4.78 is 33.7. The zero-order valence-corrected chi connectivity index (χ0v) is 13.6. The molecule has 1 aliphatic heterocycles. The van der Waals surface area contributed by atoms with Crippen LogP contribution in [0.5, 0.6) is 5.75 Å². The maximum Gasteiger partial charge on any atom is 0.387 e. The van der Waals surface area contributed by atoms with Crippen LogP contribution in [0.25, 0.3) is 0 Å². The molecule has 2 N–H and O–H groups in total. The number of aryl methyl sites for hydroxylation is 1. The van der Waals surface area contributed by atoms with Crippen LogP contribution < -0.4 is 10.1 Å². The molecule has 1 aromatic carbocycles. The van der Waals surface area contributed by atoms with E-state index in [-0.39, 0.29) is 24.0 Å². The molecule has 1 fully saturated rings. The van der Waals surface area contributed by atoms with Crippen LogP contribution in [0.3, 0.4) is 0 Å². The van der Waals surface area contributed by atoms with Gasteiger partial charge in [-0.1, -0.05) is 12.1 Å². The third-order valence-corrected chi connectivity index (χ3v) is 4.04. The number of hydrogen-bond acceptors (Lipinski definition) is 4. The summed E-state index contributed by atoms with van der Waals surface area (Å²) in [5.41, 5.74) is 0.768. The Labute approximate surface area is 144 Å². The second-order valence-corrected chi connectivity index (χ2v) is 5.88. The van der Waals surface area contributed by atoms with Crippen LogP contribution in [0.15, 0.2) is 24.3 Å². The third kappa shape index (κ3) is 6.30. The van der Waals surface area contributed by atoms with Gasteiger partial charge in [-0.15, -0.1) is 0 Å². The van der Waals surface area contributed by atoms with Crippen LogP contribution in [0.1, 0.15) is 24.8 Å². The quantitative estimate of drug-likeness (QED) is 0.745. The molecular formula is C17H21F2NO5. The van der Waals surface area contributed by atoms with Gasteiger partial charge >= 0.3 is 12.6 Å². The van der Waals surface area contributed by atoms with Gasteiger partial charge in [0, 0.05) is 18.9 Å². The predicted molar refractivity (Wildman–Crippen MR) is 84.5 cm³/mol. The van der Waals surface area contributed by atoms with E-state index >= 15 is 0 Å². The van der Waals surface area contributed by atoms with Gasteiger partial charge < -0.3 is 19.9 Å². The number of carbonyl (C=O) groups is 2. The molecule has 1 saturated heterocycles. The highest BCUT2D eigenvalue weighted by molar-refractivity contribution is 5.83. The number of halogens is 2. The molecule has 25 heavy (non-hydrogen) atoms. The zero-order chi connectivity index (χ0) is 18.2. The van der Waals surface area contributed by atoms with Crippen LogP contribution in [-0.4, -0.2) is 42.9 Å². The largest absolute Gasteiger partial charge is 0.480 e. The predicted octanol–water partition coefficient (Wildman–Crippen LogP) is 2.22. The molecule has 138 valence electrons. The monoisotopic (exact) mass is 357 g/mol. The van der Waals surface area contributed by atoms with E-state index in [1.807, 2.05) is 0 Å². The van der Waals surface area contributed by atoms with E-state index in [0.29, 0.717) is 26.1 Å². The number of benzene rings is 1. The molecule has 0 aliphatic carbocycles. The molecular weight excluding hydrogens is 336 g/mol. The lowest BCUT2D eigenvalue weighted by Gasteiger charge is -2.28. The number of alkyl halides is 2. The summed E-state index contributed by atoms with van der Waals surface area (Å²) in [7, 11) is 0. The molecule has 8 heteroatoms. The number of carboxylic acids is 1. The van der Waals surface area contributed by atoms with Crippen molar-refractivity contribution in [1.82, 2.24) is 5.32 Å². The Hall–Kier alpha value is -2.22. The van der Waals surface area contributed by atoms with E-state index in [4.69, 9.17) is 4.74 Å². The average molecular weight is 357 g/mol. The van der Waals surface area contributed by atoms with Gasteiger partial charge in [-0.25, -0.2) is 4.79 Å². The summed E-state index contributed by atoms with van der Waals surface area (Å²) in [6.45, 7) is -1.95. The molecule has 0 spiro atoms. The molecule has 2 atom stereocenters. The van der Waals surface area contributed by atoms with Gasteiger partial charge in [-0.05, 0) is 37.0 Å². The number of aliphatic carboxylic acids is 1. The van der Waals surface area contributed by atoms with Gasteiger partial charge in [0.2, 0.25) is 5.91 Å². The highest BCUT2D eigenvalue weighted by Crippen LogP contribution is 2.19. The van der Waals surface area contributed by atoms with E-state index in [1.165, 1.54) is 12.1 Å². The maximum absolute atomic E-state index is 12.1. The van der Waals surface area contributed by atoms with Crippen molar-refractivity contribution in [2.24, 2.45) is 5.92 Å². The number of nitrogens with one attached hydrogen (secondary N) is 1. The van der Waals surface area contributed by atoms with Crippen molar-refractivity contribution in [3.8, 4) is 5.75 Å². The molecule has 0 radical (unpaired) electrons. The van der Waals surface area contributed by atoms with Gasteiger partial charge in [0.1, 0.15) is 11.8 Å². The minimum Gasteiger partial charge on any atom is -0.480 e. The Kier molecular flexibility index (Phi) is 7.12. The highest BCUT2D eigenvalue weighted by atomic mass is 19.3. The van der Waals surface area contributed by atoms with Crippen molar-refractivity contribution >= 4 is 11.9 Å². The third-order valence-electron chi connectivity index (χ3n) is 4.04. The Bertz CT molecular complexity index is 573. The molecule has 0 aromatic heterocycles. The van der Waals surface area contributed by atoms with Crippen molar-refractivity contribution in [3.05, 3.63) is 29.8 Å². The topological polar surface area (TPSA) is 84.9 Å². The number of ether oxygens (including phenoxy) is 2. The Morgan fingerprint density at radius 2 is 2.04 bits per heavy atom. The summed E-state index contributed by atoms with van der Waals surface area (Å²) in [5, 5.41) is 11.9. The van der Waals surface area contributed by atoms with E-state index in [9.17, 15) is 23.5 Å². The number of carbonyl (C=O) groups excluding carboxylic acids is 1. The second-order valence-electron chi connectivity index (χ2n) is 5.88. The highest BCUT2D eigenvalue weighted by Gasteiger charge is 2.31. The molecule has 2 rings (SSSR count). The van der Waals surface area contributed by atoms with Crippen molar-refractivity contribution in [3.63, 3.8) is 0 Å². The molecule has 1 heterocycles. The molecule has 1 amide bonds. The van der Waals surface area contributed by atoms with Gasteiger partial charge in [0.05, 0.1) is 6.61 Å². The van der Waals surface area contributed by atoms with Gasteiger partial charge in [-0.3, -0.25) is 4.79 Å². The Morgan fingerprint density at radius 1 is 1.32 bits per heavy atom. The van der Waals surface area contributed by atoms with Crippen molar-refractivity contribution in [2.75, 3.05) is 13.2 Å². The lowest BCUT2D eigenvalue weighted by atomic mass is 9.93. The lowest BCUT2D eigenvalue weighted by molar-refractivity contribution is -0.145. The summed E-state index contributed by atoms with van der Waals surface area (Å²) in [4.78, 5) is 23.4. The van der Waals surface area contributed by atoms with Gasteiger partial charge in [0.15, 0.2) is 0 Å². The Balaban J connectivity index is 1.83. The fourth-order valence-corrected chi connectivity index (χ4v) is 2.75. The molecule has 6 nitrogen and oxygen atoms in total. The second kappa shape index (κ2) is 9.31. The van der Waals surface area contributed by atoms with Crippen LogP contribution in [0, 0.1) is 5.92 Å². The first-order valence-electron chi connectivity index (χ1n) is 8.09. The van der Waals surface area contributed by atoms with Crippen LogP contribution >= 0.6 is 0 Å².